The molecule has 22 aliphatic rings. The van der Waals surface area contributed by atoms with Crippen LogP contribution in [0.1, 0.15) is 0 Å². The molecule has 42 nitrogen and oxygen atoms in total. The summed E-state index contributed by atoms with van der Waals surface area (Å²) in [5.74, 6) is 0. The Bertz CT molecular complexity index is 3330. The molecule has 14 bridgehead atoms. The molecule has 22 heterocycles. The minimum atomic E-state index is -1.35. The van der Waals surface area contributed by atoms with Gasteiger partial charge in [0, 0.05) is 0 Å². The van der Waals surface area contributed by atoms with Crippen LogP contribution in [0.4, 0.5) is 67.1 Å². The van der Waals surface area contributed by atoms with Crippen LogP contribution in [-0.2, 0) is 0 Å². The zero-order valence-corrected chi connectivity index (χ0v) is 42.5. The summed E-state index contributed by atoms with van der Waals surface area (Å²) in [7, 11) is 0. The summed E-state index contributed by atoms with van der Waals surface area (Å²) in [6, 6.07) is -10.4. The fourth-order valence-electron chi connectivity index (χ4n) is 18.5. The number of carbonyl (C=O) groups is 14. The Kier molecular flexibility index (Phi) is 6.33. The number of rotatable bonds is 0. The van der Waals surface area contributed by atoms with E-state index < -0.39 is 257 Å². The van der Waals surface area contributed by atoms with Crippen LogP contribution in [0, 0.1) is 0 Å². The zero-order valence-electron chi connectivity index (χ0n) is 42.5. The number of hydrogen-bond donors (Lipinski definition) is 0. The van der Waals surface area contributed by atoms with Crippen molar-refractivity contribution in [3.63, 3.8) is 0 Å². The van der Waals surface area contributed by atoms with Crippen LogP contribution in [0.5, 0.6) is 0 Å². The third-order valence-electron chi connectivity index (χ3n) is 21.6. The van der Waals surface area contributed by atoms with Gasteiger partial charge in [0.1, 0.15) is 86.7 Å². The van der Waals surface area contributed by atoms with Crippen molar-refractivity contribution in [2.75, 3.05) is 86.7 Å². The molecule has 42 heteroatoms. The first-order valence-electron chi connectivity index (χ1n) is 27.1. The van der Waals surface area contributed by atoms with E-state index in [0.717, 1.165) is 10.0 Å². The van der Waals surface area contributed by atoms with Gasteiger partial charge in [-0.3, -0.25) is 127 Å². The highest BCUT2D eigenvalue weighted by Crippen LogP contribution is 2.53. The van der Waals surface area contributed by atoms with Gasteiger partial charge in [0.25, 0.3) is 0 Å². The second kappa shape index (κ2) is 12.3. The summed E-state index contributed by atoms with van der Waals surface area (Å²) < 4.78 is 0. The fourth-order valence-corrected chi connectivity index (χ4v) is 18.5. The van der Waals surface area contributed by atoms with E-state index in [1.54, 1.807) is 0 Å². The van der Waals surface area contributed by atoms with E-state index in [1.165, 1.54) is 127 Å². The van der Waals surface area contributed by atoms with Crippen molar-refractivity contribution in [1.29, 1.82) is 0 Å². The highest BCUT2D eigenvalue weighted by atomic mass is 16.3. The smallest absolute Gasteiger partial charge is 0.282 e. The lowest BCUT2D eigenvalue weighted by atomic mass is 10.3. The number of amides is 28. The first kappa shape index (κ1) is 42.6. The molecule has 0 aromatic carbocycles. The molecule has 0 aromatic heterocycles. The summed E-state index contributed by atoms with van der Waals surface area (Å²) in [5.41, 5.74) is 0. The summed E-state index contributed by atoms with van der Waals surface area (Å²) in [6.07, 6.45) is -17.7. The van der Waals surface area contributed by atoms with Crippen LogP contribution in [0.25, 0.3) is 0 Å². The van der Waals surface area contributed by atoms with E-state index in [-0.39, 0.29) is 0 Å². The first-order chi connectivity index (χ1) is 40.0. The van der Waals surface area contributed by atoms with Crippen LogP contribution in [-0.4, -0.2) is 395 Å². The van der Waals surface area contributed by atoms with Gasteiger partial charge in [0.15, 0.2) is 86.3 Å². The molecule has 22 saturated heterocycles. The third-order valence-corrected chi connectivity index (χ3v) is 21.6. The number of nitrogens with zero attached hydrogens (tertiary/aromatic N) is 28. The lowest BCUT2D eigenvalue weighted by Gasteiger charge is -2.42. The van der Waals surface area contributed by atoms with Crippen molar-refractivity contribution in [1.82, 2.24) is 137 Å². The van der Waals surface area contributed by atoms with Gasteiger partial charge in [0.05, 0.1) is 0 Å². The maximum Gasteiger partial charge on any atom is 0.344 e. The summed E-state index contributed by atoms with van der Waals surface area (Å²) >= 11 is 0. The van der Waals surface area contributed by atoms with Crippen molar-refractivity contribution in [3.05, 3.63) is 0 Å². The van der Waals surface area contributed by atoms with Gasteiger partial charge in [-0.25, -0.2) is 77.1 Å². The summed E-state index contributed by atoms with van der Waals surface area (Å²) in [5, 5.41) is 2.17. The maximum atomic E-state index is 15.6. The Labute approximate surface area is 461 Å². The van der Waals surface area contributed by atoms with Crippen molar-refractivity contribution in [3.8, 4) is 0 Å². The Morgan fingerprint density at radius 3 is 0.337 bits per heavy atom. The molecule has 0 aliphatic carbocycles. The third kappa shape index (κ3) is 3.94. The lowest BCUT2D eigenvalue weighted by Crippen LogP contribution is -2.63. The summed E-state index contributed by atoms with van der Waals surface area (Å²) in [6.45, 7) is -6.84. The van der Waals surface area contributed by atoms with E-state index in [4.69, 9.17) is 0 Å². The van der Waals surface area contributed by atoms with Crippen LogP contribution in [0.15, 0.2) is 0 Å². The molecule has 22 aliphatic heterocycles. The van der Waals surface area contributed by atoms with Gasteiger partial charge < -0.3 is 0 Å². The summed E-state index contributed by atoms with van der Waals surface area (Å²) in [4.78, 5) is 248. The zero-order chi connectivity index (χ0) is 55.5. The lowest BCUT2D eigenvalue weighted by molar-refractivity contribution is -0.0239. The molecule has 22 rings (SSSR count). The Morgan fingerprint density at radius 1 is 0.133 bits per heavy atom. The predicted molar refractivity (Wildman–Crippen MR) is 243 cm³/mol. The normalized spacial score (nSPS) is 40.5. The molecule has 0 aromatic rings. The molecule has 28 amide bonds. The van der Waals surface area contributed by atoms with Crippen LogP contribution in [0.2, 0.25) is 0 Å². The minimum absolute atomic E-state index is 0.507. The highest BCUT2D eigenvalue weighted by Gasteiger charge is 2.78. The van der Waals surface area contributed by atoms with Crippen molar-refractivity contribution < 1.29 is 67.1 Å². The highest BCUT2D eigenvalue weighted by molar-refractivity contribution is 5.96. The molecule has 428 valence electrons. The number of hydrazine groups is 1. The quantitative estimate of drug-likeness (QED) is 0.218. The van der Waals surface area contributed by atoms with Crippen LogP contribution < -0.4 is 0 Å². The molecule has 0 saturated carbocycles. The molecule has 14 atom stereocenters. The van der Waals surface area contributed by atoms with Gasteiger partial charge in [-0.2, -0.15) is 0 Å². The number of urea groups is 14. The van der Waals surface area contributed by atoms with Crippen LogP contribution in [0.3, 0.4) is 0 Å². The van der Waals surface area contributed by atoms with E-state index >= 15 is 67.1 Å². The van der Waals surface area contributed by atoms with E-state index in [0.29, 0.717) is 0 Å². The van der Waals surface area contributed by atoms with Gasteiger partial charge in [-0.05, 0) is 0 Å². The minimum Gasteiger partial charge on any atom is -0.282 e. The molecule has 0 N–H and O–H groups in total. The Morgan fingerprint density at radius 2 is 0.217 bits per heavy atom. The van der Waals surface area contributed by atoms with Crippen molar-refractivity contribution >= 4 is 84.4 Å². The Balaban J connectivity index is 0.747. The maximum absolute atomic E-state index is 15.6. The predicted octanol–water partition coefficient (Wildman–Crippen LogP) is -6.65. The first-order valence-corrected chi connectivity index (χ1v) is 27.1. The largest absolute Gasteiger partial charge is 0.344 e. The number of carbonyl (C=O) groups excluding carboxylic acids is 14. The molecular weight excluding hydrogens is 1110 g/mol. The molecule has 83 heavy (non-hydrogen) atoms. The second-order valence-electron chi connectivity index (χ2n) is 24.5. The van der Waals surface area contributed by atoms with Gasteiger partial charge in [-0.15, -0.1) is 0 Å². The standard InChI is InChI=1S/C41H40N28O14/c70-28-42-1-46-16-18-50(30(46)72)5-54-20-22-58(34(54)76)9-62-24-26-66(38(62)80)13-67-27-25-63(39(67)81)10-59-23-21-55(35(59)77)6-51-19-17-47(31(51)73)2-43(28)15-14(42)44-3-48(16)32(74)52(18)7-56(20)36(78)60(22)11-64(24)40(82)68(26)69(27)41(83)65(25)12-61(23)37(79)57(21)8-53(19)33(75)49(17)4-45(15)29(44)71/h14-27H,1-13H2/t14-,15+,16+,17-,18-,19+,20+,21-,22-,23+,24+,25-,26-,27+. The average molecular weight is 1150 g/mol. The molecule has 0 unspecified atom stereocenters. The SMILES string of the molecule is O=C1N2CN3C(=O)N4CN5C(=O)N6CN7C(=O)N8CN9C(=O)N%10CN%11C(=O)N%12CN%13C(=O)N%14CN1[C@@H]1[C@H]2N2CN%15C(=O)N(CN%16C(=O)N(CN%17C(=O)N([C@@H]8[C@@H]7%17)N7C(=O)N(CN8C(=O)N(CN%17C(=O)N(CN1C2=O)[C@@H]%14[C@@H]%13%17)[C@@H]%12[C@@H]%118)[C@@H]%10[C@@H]97)[C@@H]6[C@@H]5%16)[C@@H]4[C@@H]3%15. The van der Waals surface area contributed by atoms with E-state index in [9.17, 15) is 0 Å². The van der Waals surface area contributed by atoms with Crippen molar-refractivity contribution in [2.24, 2.45) is 0 Å². The molecule has 0 spiro atoms. The van der Waals surface area contributed by atoms with E-state index in [1.807, 2.05) is 0 Å². The Hall–Kier alpha value is -10.2. The fraction of sp³-hybridized carbons (Fsp3) is 0.659. The van der Waals surface area contributed by atoms with E-state index in [2.05, 4.69) is 0 Å². The topological polar surface area (TPSA) is 330 Å². The van der Waals surface area contributed by atoms with Crippen molar-refractivity contribution in [2.45, 2.75) is 86.3 Å². The molecule has 22 fully saturated rings. The second-order valence-corrected chi connectivity index (χ2v) is 24.5. The molecule has 0 radical (unpaired) electrons. The van der Waals surface area contributed by atoms with Gasteiger partial charge in [-0.1, -0.05) is 0 Å². The van der Waals surface area contributed by atoms with Crippen LogP contribution >= 0.6 is 0 Å². The molecular formula is C41H40N28O14. The average Bonchev–Trinajstić information content (AvgIpc) is 1.83. The monoisotopic (exact) mass is 1150 g/mol. The van der Waals surface area contributed by atoms with Gasteiger partial charge >= 0.3 is 84.4 Å². The number of hydrogen-bond acceptors (Lipinski definition) is 14. The van der Waals surface area contributed by atoms with Gasteiger partial charge in [0.2, 0.25) is 0 Å².